The van der Waals surface area contributed by atoms with E-state index in [0.717, 1.165) is 37.8 Å². The van der Waals surface area contributed by atoms with Gasteiger partial charge in [-0.3, -0.25) is 19.7 Å². The molecular weight excluding hydrogens is 381 g/mol. The zero-order valence-corrected chi connectivity index (χ0v) is 15.3. The van der Waals surface area contributed by atoms with Crippen molar-refractivity contribution in [2.75, 3.05) is 5.32 Å². The van der Waals surface area contributed by atoms with Crippen molar-refractivity contribution < 1.29 is 32.4 Å². The fourth-order valence-electron chi connectivity index (χ4n) is 3.15. The van der Waals surface area contributed by atoms with E-state index in [0.29, 0.717) is 18.4 Å². The van der Waals surface area contributed by atoms with Gasteiger partial charge in [-0.05, 0) is 25.3 Å². The number of carbonyl (C=O) groups is 2. The molecule has 154 valence electrons. The number of hydrogen-bond acceptors (Lipinski definition) is 5. The monoisotopic (exact) mass is 402 g/mol. The summed E-state index contributed by atoms with van der Waals surface area (Å²) in [5.74, 6) is -1.08. The van der Waals surface area contributed by atoms with Crippen molar-refractivity contribution in [2.24, 2.45) is 5.92 Å². The number of rotatable bonds is 7. The minimum absolute atomic E-state index is 0.146. The molecule has 1 N–H and O–H groups in total. The van der Waals surface area contributed by atoms with Gasteiger partial charge in [0.25, 0.3) is 11.6 Å². The zero-order chi connectivity index (χ0) is 20.9. The second-order valence-electron chi connectivity index (χ2n) is 6.80. The third-order valence-electron chi connectivity index (χ3n) is 4.69. The fourth-order valence-corrected chi connectivity index (χ4v) is 3.15. The molecule has 1 fully saturated rings. The third-order valence-corrected chi connectivity index (χ3v) is 4.69. The summed E-state index contributed by atoms with van der Waals surface area (Å²) >= 11 is 0. The van der Waals surface area contributed by atoms with Gasteiger partial charge in [-0.2, -0.15) is 13.2 Å². The smallest absolute Gasteiger partial charge is 0.418 e. The first-order chi connectivity index (χ1) is 13.1. The Labute approximate surface area is 159 Å². The second-order valence-corrected chi connectivity index (χ2v) is 6.80. The van der Waals surface area contributed by atoms with Gasteiger partial charge in [0.05, 0.1) is 16.2 Å². The van der Waals surface area contributed by atoms with E-state index >= 15 is 0 Å². The van der Waals surface area contributed by atoms with E-state index in [1.165, 1.54) is 6.92 Å². The molecule has 0 bridgehead atoms. The summed E-state index contributed by atoms with van der Waals surface area (Å²) < 4.78 is 44.4. The first-order valence-electron chi connectivity index (χ1n) is 8.94. The Kier molecular flexibility index (Phi) is 6.98. The molecule has 1 saturated carbocycles. The van der Waals surface area contributed by atoms with Crippen molar-refractivity contribution >= 4 is 23.3 Å². The maximum Gasteiger partial charge on any atom is 0.418 e. The number of carbonyl (C=O) groups excluding carboxylic acids is 2. The number of nitro benzene ring substituents is 1. The number of nitro groups is 1. The molecule has 0 saturated heterocycles. The first-order valence-corrected chi connectivity index (χ1v) is 8.94. The number of nitrogens with zero attached hydrogens (tertiary/aromatic N) is 1. The van der Waals surface area contributed by atoms with Crippen molar-refractivity contribution in [3.8, 4) is 0 Å². The Balaban J connectivity index is 1.98. The molecule has 1 aliphatic rings. The first kappa shape index (κ1) is 21.6. The quantitative estimate of drug-likeness (QED) is 0.413. The number of alkyl halides is 3. The van der Waals surface area contributed by atoms with Crippen LogP contribution in [-0.4, -0.2) is 22.9 Å². The number of anilines is 1. The van der Waals surface area contributed by atoms with Crippen molar-refractivity contribution in [1.82, 2.24) is 0 Å². The Bertz CT molecular complexity index is 745. The average Bonchev–Trinajstić information content (AvgIpc) is 3.12. The van der Waals surface area contributed by atoms with Crippen LogP contribution in [0.15, 0.2) is 18.2 Å². The van der Waals surface area contributed by atoms with Crippen LogP contribution in [0.5, 0.6) is 0 Å². The van der Waals surface area contributed by atoms with Gasteiger partial charge >= 0.3 is 12.1 Å². The van der Waals surface area contributed by atoms with Crippen LogP contribution >= 0.6 is 0 Å². The summed E-state index contributed by atoms with van der Waals surface area (Å²) in [6.45, 7) is 1.25. The molecule has 2 rings (SSSR count). The van der Waals surface area contributed by atoms with Gasteiger partial charge in [0.15, 0.2) is 6.10 Å². The SMILES string of the molecule is C[C@@H](OC(=O)CCC1CCCC1)C(=O)Nc1ccc([N+](=O)[O-])cc1C(F)(F)F. The Morgan fingerprint density at radius 1 is 1.32 bits per heavy atom. The van der Waals surface area contributed by atoms with Crippen molar-refractivity contribution in [3.63, 3.8) is 0 Å². The maximum absolute atomic E-state index is 13.1. The molecule has 0 spiro atoms. The number of hydrogen-bond donors (Lipinski definition) is 1. The van der Waals surface area contributed by atoms with Crippen LogP contribution in [-0.2, 0) is 20.5 Å². The van der Waals surface area contributed by atoms with E-state index in [2.05, 4.69) is 0 Å². The highest BCUT2D eigenvalue weighted by molar-refractivity contribution is 5.95. The lowest BCUT2D eigenvalue weighted by molar-refractivity contribution is -0.385. The van der Waals surface area contributed by atoms with Crippen LogP contribution in [0.4, 0.5) is 24.5 Å². The highest BCUT2D eigenvalue weighted by atomic mass is 19.4. The molecule has 1 atom stereocenters. The lowest BCUT2D eigenvalue weighted by Gasteiger charge is -2.17. The van der Waals surface area contributed by atoms with Crippen molar-refractivity contribution in [2.45, 2.75) is 57.7 Å². The van der Waals surface area contributed by atoms with Crippen LogP contribution < -0.4 is 5.32 Å². The van der Waals surface area contributed by atoms with Crippen LogP contribution in [0, 0.1) is 16.0 Å². The lowest BCUT2D eigenvalue weighted by atomic mass is 10.0. The minimum atomic E-state index is -4.91. The summed E-state index contributed by atoms with van der Waals surface area (Å²) in [6, 6.07) is 1.99. The minimum Gasteiger partial charge on any atom is -0.453 e. The highest BCUT2D eigenvalue weighted by Crippen LogP contribution is 2.37. The molecular formula is C18H21F3N2O5. The fraction of sp³-hybridized carbons (Fsp3) is 0.556. The predicted molar refractivity (Wildman–Crippen MR) is 93.5 cm³/mol. The molecule has 1 aromatic rings. The van der Waals surface area contributed by atoms with Gasteiger partial charge < -0.3 is 10.1 Å². The Hall–Kier alpha value is -2.65. The Morgan fingerprint density at radius 2 is 1.96 bits per heavy atom. The zero-order valence-electron chi connectivity index (χ0n) is 15.3. The van der Waals surface area contributed by atoms with E-state index < -0.39 is 46.0 Å². The summed E-state index contributed by atoms with van der Waals surface area (Å²) in [7, 11) is 0. The molecule has 1 aliphatic carbocycles. The van der Waals surface area contributed by atoms with E-state index in [4.69, 9.17) is 4.74 Å². The summed E-state index contributed by atoms with van der Waals surface area (Å²) in [6.07, 6.45) is -1.01. The number of esters is 1. The van der Waals surface area contributed by atoms with Crippen LogP contribution in [0.25, 0.3) is 0 Å². The summed E-state index contributed by atoms with van der Waals surface area (Å²) in [5.41, 5.74) is -2.75. The van der Waals surface area contributed by atoms with E-state index in [9.17, 15) is 32.9 Å². The van der Waals surface area contributed by atoms with Gasteiger partial charge in [0.2, 0.25) is 0 Å². The molecule has 1 aromatic carbocycles. The summed E-state index contributed by atoms with van der Waals surface area (Å²) in [4.78, 5) is 33.7. The number of benzene rings is 1. The highest BCUT2D eigenvalue weighted by Gasteiger charge is 2.36. The average molecular weight is 402 g/mol. The molecule has 0 aliphatic heterocycles. The normalized spacial score (nSPS) is 15.9. The van der Waals surface area contributed by atoms with Crippen LogP contribution in [0.1, 0.15) is 51.0 Å². The topological polar surface area (TPSA) is 98.5 Å². The van der Waals surface area contributed by atoms with E-state index in [-0.39, 0.29) is 6.42 Å². The molecule has 0 heterocycles. The molecule has 28 heavy (non-hydrogen) atoms. The van der Waals surface area contributed by atoms with Crippen LogP contribution in [0.3, 0.4) is 0 Å². The number of nitrogens with one attached hydrogen (secondary N) is 1. The Morgan fingerprint density at radius 3 is 2.54 bits per heavy atom. The molecule has 0 radical (unpaired) electrons. The van der Waals surface area contributed by atoms with Gasteiger partial charge in [0, 0.05) is 18.6 Å². The van der Waals surface area contributed by atoms with Crippen LogP contribution in [0.2, 0.25) is 0 Å². The lowest BCUT2D eigenvalue weighted by Crippen LogP contribution is -2.30. The summed E-state index contributed by atoms with van der Waals surface area (Å²) in [5, 5.41) is 12.7. The molecule has 0 unspecified atom stereocenters. The third kappa shape index (κ3) is 5.93. The number of non-ortho nitro benzene ring substituents is 1. The van der Waals surface area contributed by atoms with Crippen molar-refractivity contribution in [1.29, 1.82) is 0 Å². The predicted octanol–water partition coefficient (Wildman–Crippen LogP) is 4.45. The largest absolute Gasteiger partial charge is 0.453 e. The number of halogens is 3. The second kappa shape index (κ2) is 9.03. The van der Waals surface area contributed by atoms with Gasteiger partial charge in [-0.15, -0.1) is 0 Å². The van der Waals surface area contributed by atoms with Crippen molar-refractivity contribution in [3.05, 3.63) is 33.9 Å². The number of amides is 1. The molecule has 0 aromatic heterocycles. The van der Waals surface area contributed by atoms with Gasteiger partial charge in [-0.25, -0.2) is 0 Å². The molecule has 1 amide bonds. The van der Waals surface area contributed by atoms with E-state index in [1.54, 1.807) is 0 Å². The number of ether oxygens (including phenoxy) is 1. The molecule has 7 nitrogen and oxygen atoms in total. The van der Waals surface area contributed by atoms with Gasteiger partial charge in [-0.1, -0.05) is 25.7 Å². The van der Waals surface area contributed by atoms with E-state index in [1.807, 2.05) is 5.32 Å². The molecule has 10 heteroatoms. The maximum atomic E-state index is 13.1. The van der Waals surface area contributed by atoms with Gasteiger partial charge in [0.1, 0.15) is 0 Å². The standard InChI is InChI=1S/C18H21F3N2O5/c1-11(28-16(24)9-6-12-4-2-3-5-12)17(25)22-15-8-7-13(23(26)27)10-14(15)18(19,20)21/h7-8,10-12H,2-6,9H2,1H3,(H,22,25)/t11-/m1/s1.